The van der Waals surface area contributed by atoms with Gasteiger partial charge in [-0.1, -0.05) is 44.2 Å². The lowest BCUT2D eigenvalue weighted by atomic mass is 9.92. The van der Waals surface area contributed by atoms with E-state index in [9.17, 15) is 0 Å². The van der Waals surface area contributed by atoms with E-state index in [2.05, 4.69) is 60.7 Å². The molecule has 114 valence electrons. The van der Waals surface area contributed by atoms with Crippen LogP contribution in [0.5, 0.6) is 0 Å². The van der Waals surface area contributed by atoms with Gasteiger partial charge in [0.15, 0.2) is 0 Å². The highest BCUT2D eigenvalue weighted by atomic mass is 15.1. The molecule has 0 bridgehead atoms. The molecule has 0 radical (unpaired) electrons. The zero-order valence-electron chi connectivity index (χ0n) is 13.4. The van der Waals surface area contributed by atoms with Crippen molar-refractivity contribution >= 4 is 0 Å². The van der Waals surface area contributed by atoms with E-state index in [4.69, 9.17) is 5.73 Å². The number of hydrogen-bond acceptors (Lipinski definition) is 2. The van der Waals surface area contributed by atoms with Gasteiger partial charge in [-0.15, -0.1) is 0 Å². The van der Waals surface area contributed by atoms with E-state index < -0.39 is 0 Å². The normalized spacial score (nSPS) is 14.3. The Morgan fingerprint density at radius 1 is 1.14 bits per heavy atom. The highest BCUT2D eigenvalue weighted by Crippen LogP contribution is 2.26. The molecule has 1 aromatic heterocycles. The van der Waals surface area contributed by atoms with Gasteiger partial charge in [-0.3, -0.25) is 0 Å². The van der Waals surface area contributed by atoms with Gasteiger partial charge in [-0.05, 0) is 31.2 Å². The molecule has 2 N–H and O–H groups in total. The van der Waals surface area contributed by atoms with Crippen molar-refractivity contribution < 1.29 is 0 Å². The van der Waals surface area contributed by atoms with Crippen LogP contribution in [0.2, 0.25) is 0 Å². The molecule has 0 aliphatic rings. The summed E-state index contributed by atoms with van der Waals surface area (Å²) in [5.41, 5.74) is 8.62. The molecule has 2 atom stereocenters. The van der Waals surface area contributed by atoms with Gasteiger partial charge < -0.3 is 10.3 Å². The number of benzene rings is 1. The lowest BCUT2D eigenvalue weighted by Gasteiger charge is -2.24. The molecule has 0 fully saturated rings. The molecule has 2 rings (SSSR count). The van der Waals surface area contributed by atoms with Gasteiger partial charge in [0, 0.05) is 30.4 Å². The second kappa shape index (κ2) is 7.41. The molecule has 3 nitrogen and oxygen atoms in total. The molecule has 2 aromatic rings. The van der Waals surface area contributed by atoms with Crippen LogP contribution in [0, 0.1) is 5.92 Å². The van der Waals surface area contributed by atoms with Crippen LogP contribution in [-0.2, 0) is 6.42 Å². The third-order valence-electron chi connectivity index (χ3n) is 4.30. The molecule has 3 heteroatoms. The molecule has 0 saturated carbocycles. The minimum absolute atomic E-state index is 0.381. The topological polar surface area (TPSA) is 43.8 Å². The third kappa shape index (κ3) is 3.94. The van der Waals surface area contributed by atoms with E-state index in [-0.39, 0.29) is 0 Å². The van der Waals surface area contributed by atoms with E-state index in [1.54, 1.807) is 0 Å². The van der Waals surface area contributed by atoms with Gasteiger partial charge in [0.05, 0.1) is 6.33 Å². The second-order valence-corrected chi connectivity index (χ2v) is 6.19. The van der Waals surface area contributed by atoms with E-state index in [1.807, 2.05) is 12.5 Å². The zero-order valence-corrected chi connectivity index (χ0v) is 13.4. The maximum absolute atomic E-state index is 5.96. The van der Waals surface area contributed by atoms with Crippen LogP contribution < -0.4 is 5.73 Å². The average molecular weight is 285 g/mol. The maximum Gasteiger partial charge on any atom is 0.0950 e. The Morgan fingerprint density at radius 2 is 1.86 bits per heavy atom. The summed E-state index contributed by atoms with van der Waals surface area (Å²) in [5.74, 6) is 0.915. The Hall–Kier alpha value is -1.61. The predicted octanol–water partition coefficient (Wildman–Crippen LogP) is 3.78. The standard InChI is InChI=1S/C18H27N3/c1-14(2)17(11-19)18-12-20-13-21(18)15(3)9-10-16-7-5-4-6-8-16/h4-8,12-15,17H,9-11,19H2,1-3H3. The number of rotatable bonds is 7. The summed E-state index contributed by atoms with van der Waals surface area (Å²) in [6, 6.07) is 11.1. The first-order chi connectivity index (χ1) is 10.1. The molecule has 0 spiro atoms. The van der Waals surface area contributed by atoms with Crippen LogP contribution >= 0.6 is 0 Å². The lowest BCUT2D eigenvalue weighted by Crippen LogP contribution is -2.22. The fourth-order valence-electron chi connectivity index (χ4n) is 2.86. The first-order valence-electron chi connectivity index (χ1n) is 7.89. The van der Waals surface area contributed by atoms with Crippen molar-refractivity contribution in [1.82, 2.24) is 9.55 Å². The molecule has 1 aromatic carbocycles. The largest absolute Gasteiger partial charge is 0.331 e. The Morgan fingerprint density at radius 3 is 2.48 bits per heavy atom. The van der Waals surface area contributed by atoms with Gasteiger partial charge in [0.25, 0.3) is 0 Å². The van der Waals surface area contributed by atoms with E-state index >= 15 is 0 Å². The first kappa shape index (κ1) is 15.8. The molecular formula is C18H27N3. The highest BCUT2D eigenvalue weighted by Gasteiger charge is 2.20. The second-order valence-electron chi connectivity index (χ2n) is 6.19. The zero-order chi connectivity index (χ0) is 15.2. The molecule has 0 aliphatic carbocycles. The third-order valence-corrected chi connectivity index (χ3v) is 4.30. The Balaban J connectivity index is 2.06. The summed E-state index contributed by atoms with van der Waals surface area (Å²) in [4.78, 5) is 4.36. The summed E-state index contributed by atoms with van der Waals surface area (Å²) >= 11 is 0. The number of imidazole rings is 1. The molecule has 0 aliphatic heterocycles. The number of hydrogen-bond donors (Lipinski definition) is 1. The summed E-state index contributed by atoms with van der Waals surface area (Å²) < 4.78 is 2.31. The summed E-state index contributed by atoms with van der Waals surface area (Å²) in [6.07, 6.45) is 6.14. The van der Waals surface area contributed by atoms with Crippen LogP contribution in [-0.4, -0.2) is 16.1 Å². The molecular weight excluding hydrogens is 258 g/mol. The molecule has 0 saturated heterocycles. The smallest absolute Gasteiger partial charge is 0.0950 e. The van der Waals surface area contributed by atoms with Crippen molar-refractivity contribution in [3.63, 3.8) is 0 Å². The van der Waals surface area contributed by atoms with Crippen molar-refractivity contribution in [3.8, 4) is 0 Å². The lowest BCUT2D eigenvalue weighted by molar-refractivity contribution is 0.431. The van der Waals surface area contributed by atoms with Gasteiger partial charge >= 0.3 is 0 Å². The Labute approximate surface area is 128 Å². The summed E-state index contributed by atoms with van der Waals surface area (Å²) in [5, 5.41) is 0. The van der Waals surface area contributed by atoms with Crippen molar-refractivity contribution in [3.05, 3.63) is 54.1 Å². The number of aryl methyl sites for hydroxylation is 1. The van der Waals surface area contributed by atoms with Crippen LogP contribution in [0.25, 0.3) is 0 Å². The van der Waals surface area contributed by atoms with Crippen LogP contribution in [0.15, 0.2) is 42.9 Å². The Kier molecular flexibility index (Phi) is 5.57. The minimum atomic E-state index is 0.381. The fraction of sp³-hybridized carbons (Fsp3) is 0.500. The average Bonchev–Trinajstić information content (AvgIpc) is 2.95. The van der Waals surface area contributed by atoms with Crippen LogP contribution in [0.3, 0.4) is 0 Å². The molecule has 1 heterocycles. The molecule has 2 unspecified atom stereocenters. The highest BCUT2D eigenvalue weighted by molar-refractivity contribution is 5.15. The van der Waals surface area contributed by atoms with Crippen molar-refractivity contribution in [2.45, 2.75) is 45.6 Å². The van der Waals surface area contributed by atoms with Gasteiger partial charge in [0.1, 0.15) is 0 Å². The first-order valence-corrected chi connectivity index (χ1v) is 7.89. The summed E-state index contributed by atoms with van der Waals surface area (Å²) in [6.45, 7) is 7.39. The van der Waals surface area contributed by atoms with Crippen molar-refractivity contribution in [1.29, 1.82) is 0 Å². The van der Waals surface area contributed by atoms with Crippen molar-refractivity contribution in [2.75, 3.05) is 6.54 Å². The van der Waals surface area contributed by atoms with Crippen LogP contribution in [0.1, 0.15) is 50.4 Å². The molecule has 21 heavy (non-hydrogen) atoms. The number of nitrogens with zero attached hydrogens (tertiary/aromatic N) is 2. The minimum Gasteiger partial charge on any atom is -0.331 e. The van der Waals surface area contributed by atoms with E-state index in [0.717, 1.165) is 12.8 Å². The monoisotopic (exact) mass is 285 g/mol. The van der Waals surface area contributed by atoms with Crippen LogP contribution in [0.4, 0.5) is 0 Å². The summed E-state index contributed by atoms with van der Waals surface area (Å²) in [7, 11) is 0. The predicted molar refractivity (Wildman–Crippen MR) is 88.3 cm³/mol. The van der Waals surface area contributed by atoms with E-state index in [1.165, 1.54) is 11.3 Å². The van der Waals surface area contributed by atoms with Crippen molar-refractivity contribution in [2.24, 2.45) is 11.7 Å². The van der Waals surface area contributed by atoms with Gasteiger partial charge in [0.2, 0.25) is 0 Å². The van der Waals surface area contributed by atoms with Gasteiger partial charge in [-0.2, -0.15) is 0 Å². The Bertz CT molecular complexity index is 530. The van der Waals surface area contributed by atoms with E-state index in [0.29, 0.717) is 24.4 Å². The van der Waals surface area contributed by atoms with Gasteiger partial charge in [-0.25, -0.2) is 4.98 Å². The number of nitrogens with two attached hydrogens (primary N) is 1. The quantitative estimate of drug-likeness (QED) is 0.841. The maximum atomic E-state index is 5.96. The SMILES string of the molecule is CC(C)C(CN)c1cncn1C(C)CCc1ccccc1. The fourth-order valence-corrected chi connectivity index (χ4v) is 2.86. The molecule has 0 amide bonds. The number of aromatic nitrogens is 2.